The van der Waals surface area contributed by atoms with E-state index in [2.05, 4.69) is 55.4 Å². The first-order valence-electron chi connectivity index (χ1n) is 6.88. The fourth-order valence-corrected chi connectivity index (χ4v) is 0. The standard InChI is InChI=1S/2C4H10.C3H8.2C2H6.2CH3.2B.W/c2*1-4(2)3;1-3-2;2*1-2;;;;;/h2*4H,1-3H3;3H2,1-2H3;2*1-2H3;2*1H3;;;/q;;;;;2*-1;;;+2. The molecule has 0 heterocycles. The quantitative estimate of drug-likeness (QED) is 0.274. The molecule has 20 heavy (non-hydrogen) atoms. The van der Waals surface area contributed by atoms with Crippen molar-refractivity contribution < 1.29 is 21.1 Å². The summed E-state index contributed by atoms with van der Waals surface area (Å²) >= 11 is 0. The van der Waals surface area contributed by atoms with Gasteiger partial charge in [-0.3, -0.25) is 0 Å². The summed E-state index contributed by atoms with van der Waals surface area (Å²) < 4.78 is 0. The van der Waals surface area contributed by atoms with Gasteiger partial charge < -0.3 is 14.9 Å². The molecule has 0 saturated carbocycles. The summed E-state index contributed by atoms with van der Waals surface area (Å²) in [4.78, 5) is 0. The van der Waals surface area contributed by atoms with Crippen LogP contribution in [0.1, 0.15) is 89.5 Å². The van der Waals surface area contributed by atoms with Gasteiger partial charge in [0.15, 0.2) is 0 Å². The number of rotatable bonds is 0. The van der Waals surface area contributed by atoms with E-state index in [9.17, 15) is 0 Å². The van der Waals surface area contributed by atoms with Crippen LogP contribution in [0.25, 0.3) is 0 Å². The third-order valence-corrected chi connectivity index (χ3v) is 0. The smallest absolute Gasteiger partial charge is 0.358 e. The number of hydrogen-bond acceptors (Lipinski definition) is 0. The fourth-order valence-electron chi connectivity index (χ4n) is 0. The minimum atomic E-state index is 0. The van der Waals surface area contributed by atoms with Gasteiger partial charge in [-0.05, 0) is 11.8 Å². The number of hydrogen-bond donors (Lipinski definition) is 0. The largest absolute Gasteiger partial charge is 2.00 e. The minimum Gasteiger partial charge on any atom is -0.358 e. The molecule has 0 unspecified atom stereocenters. The van der Waals surface area contributed by atoms with Gasteiger partial charge in [0.05, 0.1) is 0 Å². The fraction of sp³-hybridized carbons (Fsp3) is 0.882. The van der Waals surface area contributed by atoms with Crippen LogP contribution in [0.5, 0.6) is 0 Å². The Morgan fingerprint density at radius 1 is 0.550 bits per heavy atom. The van der Waals surface area contributed by atoms with Gasteiger partial charge in [0.1, 0.15) is 0 Å². The van der Waals surface area contributed by atoms with E-state index in [1.807, 2.05) is 27.7 Å². The first-order chi connectivity index (χ1) is 6.88. The van der Waals surface area contributed by atoms with Crippen LogP contribution in [0.4, 0.5) is 0 Å². The van der Waals surface area contributed by atoms with Gasteiger partial charge in [0, 0.05) is 16.8 Å². The zero-order valence-electron chi connectivity index (χ0n) is 17.4. The Morgan fingerprint density at radius 3 is 0.550 bits per heavy atom. The molecule has 0 bridgehead atoms. The second kappa shape index (κ2) is 115. The van der Waals surface area contributed by atoms with Gasteiger partial charge in [-0.1, -0.05) is 89.5 Å². The van der Waals surface area contributed by atoms with Crippen molar-refractivity contribution in [2.24, 2.45) is 11.8 Å². The van der Waals surface area contributed by atoms with Crippen molar-refractivity contribution in [3.05, 3.63) is 14.9 Å². The van der Waals surface area contributed by atoms with Crippen LogP contribution in [-0.2, 0) is 21.1 Å². The summed E-state index contributed by atoms with van der Waals surface area (Å²) in [6.07, 6.45) is 1.25. The van der Waals surface area contributed by atoms with Crippen molar-refractivity contribution in [2.75, 3.05) is 0 Å². The first-order valence-corrected chi connectivity index (χ1v) is 6.88. The first kappa shape index (κ1) is 69.9. The second-order valence-corrected chi connectivity index (χ2v) is 4.17. The molecule has 0 atom stereocenters. The van der Waals surface area contributed by atoms with Crippen LogP contribution in [-0.4, -0.2) is 16.8 Å². The van der Waals surface area contributed by atoms with Gasteiger partial charge in [-0.2, -0.15) is 0 Å². The van der Waals surface area contributed by atoms with Crippen molar-refractivity contribution >= 4 is 16.8 Å². The molecule has 0 saturated heterocycles. The summed E-state index contributed by atoms with van der Waals surface area (Å²) in [6.45, 7) is 25.2. The summed E-state index contributed by atoms with van der Waals surface area (Å²) in [7, 11) is 0. The third-order valence-electron chi connectivity index (χ3n) is 0. The molecular formula is C17H46B2W. The summed E-state index contributed by atoms with van der Waals surface area (Å²) in [5.74, 6) is 1.67. The van der Waals surface area contributed by atoms with Crippen LogP contribution >= 0.6 is 0 Å². The van der Waals surface area contributed by atoms with Crippen LogP contribution in [0.2, 0.25) is 0 Å². The van der Waals surface area contributed by atoms with Crippen molar-refractivity contribution in [3.8, 4) is 0 Å². The molecule has 0 fully saturated rings. The Morgan fingerprint density at radius 2 is 0.550 bits per heavy atom. The van der Waals surface area contributed by atoms with Crippen LogP contribution in [0.15, 0.2) is 0 Å². The van der Waals surface area contributed by atoms with Gasteiger partial charge in [-0.25, -0.2) is 0 Å². The Hall–Kier alpha value is 0.818. The molecule has 3 heteroatoms. The van der Waals surface area contributed by atoms with Crippen molar-refractivity contribution in [3.63, 3.8) is 0 Å². The molecule has 0 nitrogen and oxygen atoms in total. The van der Waals surface area contributed by atoms with E-state index >= 15 is 0 Å². The zero-order chi connectivity index (χ0) is 13.9. The average molecular weight is 456 g/mol. The molecule has 0 N–H and O–H groups in total. The maximum Gasteiger partial charge on any atom is 2.00 e. The summed E-state index contributed by atoms with van der Waals surface area (Å²) in [5, 5.41) is 0. The van der Waals surface area contributed by atoms with Gasteiger partial charge in [0.25, 0.3) is 0 Å². The third kappa shape index (κ3) is 8920. The van der Waals surface area contributed by atoms with Crippen molar-refractivity contribution in [2.45, 2.75) is 89.5 Å². The van der Waals surface area contributed by atoms with Gasteiger partial charge >= 0.3 is 21.1 Å². The van der Waals surface area contributed by atoms with E-state index in [0.29, 0.717) is 0 Å². The Kier molecular flexibility index (Phi) is 401. The maximum atomic E-state index is 2.17. The van der Waals surface area contributed by atoms with Crippen molar-refractivity contribution in [1.29, 1.82) is 0 Å². The molecule has 0 aromatic carbocycles. The molecule has 0 rings (SSSR count). The molecule has 0 aliphatic carbocycles. The summed E-state index contributed by atoms with van der Waals surface area (Å²) in [6, 6.07) is 0. The molecular weight excluding hydrogens is 410 g/mol. The molecule has 0 amide bonds. The summed E-state index contributed by atoms with van der Waals surface area (Å²) in [5.41, 5.74) is 0. The predicted octanol–water partition coefficient (Wildman–Crippen LogP) is 6.93. The van der Waals surface area contributed by atoms with Crippen LogP contribution in [0.3, 0.4) is 0 Å². The SMILES string of the molecule is CC.CC.CC(C)C.CC(C)C.CCC.[B].[B].[CH3-].[CH3-].[W+2]. The molecule has 0 spiro atoms. The Bertz CT molecular complexity index is 38.7. The normalized spacial score (nSPS) is 5.10. The molecule has 0 aromatic heterocycles. The molecule has 0 aliphatic heterocycles. The van der Waals surface area contributed by atoms with Gasteiger partial charge in [-0.15, -0.1) is 0 Å². The average Bonchev–Trinajstić information content (AvgIpc) is 2.09. The van der Waals surface area contributed by atoms with Crippen LogP contribution < -0.4 is 0 Å². The maximum absolute atomic E-state index is 2.17. The van der Waals surface area contributed by atoms with E-state index in [1.54, 1.807) is 0 Å². The van der Waals surface area contributed by atoms with E-state index in [0.717, 1.165) is 11.8 Å². The van der Waals surface area contributed by atoms with E-state index < -0.39 is 0 Å². The van der Waals surface area contributed by atoms with Gasteiger partial charge in [0.2, 0.25) is 0 Å². The molecule has 0 aromatic rings. The molecule has 6 radical (unpaired) electrons. The topological polar surface area (TPSA) is 0 Å². The molecule has 0 aliphatic rings. The monoisotopic (exact) mass is 456 g/mol. The van der Waals surface area contributed by atoms with E-state index in [-0.39, 0.29) is 52.7 Å². The Balaban J connectivity index is -0.00000000755. The van der Waals surface area contributed by atoms with Crippen LogP contribution in [0, 0.1) is 26.7 Å². The second-order valence-electron chi connectivity index (χ2n) is 4.17. The van der Waals surface area contributed by atoms with Crippen molar-refractivity contribution in [1.82, 2.24) is 0 Å². The van der Waals surface area contributed by atoms with E-state index in [4.69, 9.17) is 0 Å². The Labute approximate surface area is 154 Å². The molecule has 126 valence electrons. The minimum absolute atomic E-state index is 0. The van der Waals surface area contributed by atoms with E-state index in [1.165, 1.54) is 6.42 Å². The zero-order valence-corrected chi connectivity index (χ0v) is 20.4. The predicted molar refractivity (Wildman–Crippen MR) is 104 cm³/mol.